The third-order valence-corrected chi connectivity index (χ3v) is 5.56. The van der Waals surface area contributed by atoms with Gasteiger partial charge in [0.05, 0.1) is 0 Å². The first kappa shape index (κ1) is 17.3. The van der Waals surface area contributed by atoms with Crippen LogP contribution in [0.4, 0.5) is 0 Å². The van der Waals surface area contributed by atoms with Crippen LogP contribution in [0.1, 0.15) is 37.2 Å². The molecule has 2 aliphatic heterocycles. The van der Waals surface area contributed by atoms with E-state index in [1.807, 2.05) is 0 Å². The summed E-state index contributed by atoms with van der Waals surface area (Å²) in [5, 5.41) is 4.68. The minimum atomic E-state index is 0. The number of carbonyl (C=O) groups excluding carboxylic acids is 1. The Kier molecular flexibility index (Phi) is 5.47. The standard InChI is InChI=1S/C19H25N3O.ClH/c23-19(15-5-9-20-10-6-15)22-11-7-14(8-12-22)17-13-21-18-4-2-1-3-16(17)18;/h1-4,13-15,20-21H,5-12H2;1H. The van der Waals surface area contributed by atoms with E-state index in [0.717, 1.165) is 51.9 Å². The lowest BCUT2D eigenvalue weighted by atomic mass is 9.88. The molecule has 3 heterocycles. The fraction of sp³-hybridized carbons (Fsp3) is 0.526. The van der Waals surface area contributed by atoms with E-state index in [-0.39, 0.29) is 18.3 Å². The quantitative estimate of drug-likeness (QED) is 0.875. The van der Waals surface area contributed by atoms with Crippen LogP contribution in [-0.2, 0) is 4.79 Å². The van der Waals surface area contributed by atoms with Crippen LogP contribution in [0.5, 0.6) is 0 Å². The van der Waals surface area contributed by atoms with E-state index in [4.69, 9.17) is 0 Å². The number of rotatable bonds is 2. The molecule has 0 atom stereocenters. The highest BCUT2D eigenvalue weighted by Crippen LogP contribution is 2.33. The van der Waals surface area contributed by atoms with Crippen molar-refractivity contribution in [2.75, 3.05) is 26.2 Å². The second-order valence-corrected chi connectivity index (χ2v) is 6.91. The van der Waals surface area contributed by atoms with Gasteiger partial charge in [0.15, 0.2) is 0 Å². The lowest BCUT2D eigenvalue weighted by Crippen LogP contribution is -2.44. The van der Waals surface area contributed by atoms with E-state index in [2.05, 4.69) is 45.7 Å². The Labute approximate surface area is 149 Å². The minimum absolute atomic E-state index is 0. The topological polar surface area (TPSA) is 48.1 Å². The van der Waals surface area contributed by atoms with Crippen molar-refractivity contribution in [1.29, 1.82) is 0 Å². The molecule has 2 N–H and O–H groups in total. The zero-order valence-electron chi connectivity index (χ0n) is 14.0. The van der Waals surface area contributed by atoms with Gasteiger partial charge in [0.1, 0.15) is 0 Å². The number of nitrogens with zero attached hydrogens (tertiary/aromatic N) is 1. The Morgan fingerprint density at radius 3 is 2.50 bits per heavy atom. The number of halogens is 1. The summed E-state index contributed by atoms with van der Waals surface area (Å²) in [6.45, 7) is 3.80. The van der Waals surface area contributed by atoms with Gasteiger partial charge in [-0.05, 0) is 56.3 Å². The minimum Gasteiger partial charge on any atom is -0.361 e. The number of nitrogens with one attached hydrogen (secondary N) is 2. The molecule has 1 amide bonds. The van der Waals surface area contributed by atoms with Gasteiger partial charge in [-0.1, -0.05) is 18.2 Å². The number of benzene rings is 1. The number of fused-ring (bicyclic) bond motifs is 1. The number of hydrogen-bond donors (Lipinski definition) is 2. The molecule has 1 aromatic carbocycles. The zero-order chi connectivity index (χ0) is 15.6. The first-order chi connectivity index (χ1) is 11.3. The number of likely N-dealkylation sites (tertiary alicyclic amines) is 1. The summed E-state index contributed by atoms with van der Waals surface area (Å²) in [6.07, 6.45) is 6.33. The van der Waals surface area contributed by atoms with Crippen molar-refractivity contribution in [1.82, 2.24) is 15.2 Å². The van der Waals surface area contributed by atoms with Crippen molar-refractivity contribution in [3.05, 3.63) is 36.0 Å². The molecule has 4 rings (SSSR count). The summed E-state index contributed by atoms with van der Waals surface area (Å²) < 4.78 is 0. The summed E-state index contributed by atoms with van der Waals surface area (Å²) >= 11 is 0. The summed E-state index contributed by atoms with van der Waals surface area (Å²) in [6, 6.07) is 8.51. The Hall–Kier alpha value is -1.52. The molecule has 24 heavy (non-hydrogen) atoms. The third-order valence-electron chi connectivity index (χ3n) is 5.56. The van der Waals surface area contributed by atoms with Crippen LogP contribution in [0.15, 0.2) is 30.5 Å². The highest BCUT2D eigenvalue weighted by atomic mass is 35.5. The third kappa shape index (κ3) is 3.31. The maximum absolute atomic E-state index is 12.7. The van der Waals surface area contributed by atoms with E-state index in [0.29, 0.717) is 11.8 Å². The van der Waals surface area contributed by atoms with Gasteiger partial charge in [-0.3, -0.25) is 4.79 Å². The average molecular weight is 348 g/mol. The monoisotopic (exact) mass is 347 g/mol. The van der Waals surface area contributed by atoms with Crippen molar-refractivity contribution in [2.24, 2.45) is 5.92 Å². The van der Waals surface area contributed by atoms with Gasteiger partial charge >= 0.3 is 0 Å². The molecule has 4 nitrogen and oxygen atoms in total. The molecule has 0 radical (unpaired) electrons. The van der Waals surface area contributed by atoms with Gasteiger partial charge in [0, 0.05) is 36.1 Å². The Morgan fingerprint density at radius 2 is 1.75 bits per heavy atom. The predicted molar refractivity (Wildman–Crippen MR) is 99.7 cm³/mol. The molecular formula is C19H26ClN3O. The van der Waals surface area contributed by atoms with Crippen LogP contribution >= 0.6 is 12.4 Å². The molecule has 2 saturated heterocycles. The summed E-state index contributed by atoms with van der Waals surface area (Å²) in [7, 11) is 0. The number of hydrogen-bond acceptors (Lipinski definition) is 2. The van der Waals surface area contributed by atoms with Crippen molar-refractivity contribution >= 4 is 29.2 Å². The van der Waals surface area contributed by atoms with Crippen LogP contribution < -0.4 is 5.32 Å². The van der Waals surface area contributed by atoms with E-state index in [1.165, 1.54) is 16.5 Å². The summed E-state index contributed by atoms with van der Waals surface area (Å²) in [5.74, 6) is 1.22. The Morgan fingerprint density at radius 1 is 1.04 bits per heavy atom. The lowest BCUT2D eigenvalue weighted by Gasteiger charge is -2.35. The van der Waals surface area contributed by atoms with Gasteiger partial charge < -0.3 is 15.2 Å². The number of aromatic amines is 1. The van der Waals surface area contributed by atoms with Crippen LogP contribution in [-0.4, -0.2) is 42.0 Å². The van der Waals surface area contributed by atoms with Crippen LogP contribution in [0, 0.1) is 5.92 Å². The SMILES string of the molecule is Cl.O=C(C1CCNCC1)N1CCC(c2c[nH]c3ccccc23)CC1. The Bertz CT molecular complexity index is 685. The maximum atomic E-state index is 12.7. The molecule has 2 fully saturated rings. The largest absolute Gasteiger partial charge is 0.361 e. The summed E-state index contributed by atoms with van der Waals surface area (Å²) in [5.41, 5.74) is 2.64. The van der Waals surface area contributed by atoms with E-state index in [9.17, 15) is 4.79 Å². The van der Waals surface area contributed by atoms with Crippen LogP contribution in [0.2, 0.25) is 0 Å². The van der Waals surface area contributed by atoms with E-state index < -0.39 is 0 Å². The first-order valence-corrected chi connectivity index (χ1v) is 8.88. The number of amides is 1. The molecule has 0 bridgehead atoms. The number of para-hydroxylation sites is 1. The Balaban J connectivity index is 0.00000169. The molecule has 0 unspecified atom stereocenters. The molecule has 0 spiro atoms. The predicted octanol–water partition coefficient (Wildman–Crippen LogP) is 3.30. The molecule has 2 aliphatic rings. The van der Waals surface area contributed by atoms with Crippen LogP contribution in [0.25, 0.3) is 10.9 Å². The molecule has 0 saturated carbocycles. The van der Waals surface area contributed by atoms with Gasteiger partial charge in [-0.25, -0.2) is 0 Å². The smallest absolute Gasteiger partial charge is 0.225 e. The van der Waals surface area contributed by atoms with E-state index >= 15 is 0 Å². The zero-order valence-corrected chi connectivity index (χ0v) is 14.8. The van der Waals surface area contributed by atoms with Gasteiger partial charge in [0.2, 0.25) is 5.91 Å². The lowest BCUT2D eigenvalue weighted by molar-refractivity contribution is -0.137. The highest BCUT2D eigenvalue weighted by Gasteiger charge is 2.30. The van der Waals surface area contributed by atoms with Crippen molar-refractivity contribution < 1.29 is 4.79 Å². The highest BCUT2D eigenvalue weighted by molar-refractivity contribution is 5.85. The number of piperidine rings is 2. The maximum Gasteiger partial charge on any atom is 0.225 e. The fourth-order valence-corrected chi connectivity index (χ4v) is 4.17. The fourth-order valence-electron chi connectivity index (χ4n) is 4.17. The van der Waals surface area contributed by atoms with Gasteiger partial charge in [-0.2, -0.15) is 0 Å². The molecule has 5 heteroatoms. The number of H-pyrrole nitrogens is 1. The molecule has 1 aromatic heterocycles. The van der Waals surface area contributed by atoms with Crippen molar-refractivity contribution in [3.63, 3.8) is 0 Å². The first-order valence-electron chi connectivity index (χ1n) is 8.88. The summed E-state index contributed by atoms with van der Waals surface area (Å²) in [4.78, 5) is 18.1. The molecule has 130 valence electrons. The number of aromatic nitrogens is 1. The van der Waals surface area contributed by atoms with Crippen molar-refractivity contribution in [2.45, 2.75) is 31.6 Å². The van der Waals surface area contributed by atoms with Gasteiger partial charge in [-0.15, -0.1) is 12.4 Å². The van der Waals surface area contributed by atoms with Crippen LogP contribution in [0.3, 0.4) is 0 Å². The normalized spacial score (nSPS) is 20.1. The second kappa shape index (κ2) is 7.58. The molecular weight excluding hydrogens is 322 g/mol. The molecule has 2 aromatic rings. The van der Waals surface area contributed by atoms with E-state index in [1.54, 1.807) is 0 Å². The molecule has 0 aliphatic carbocycles. The van der Waals surface area contributed by atoms with Crippen molar-refractivity contribution in [3.8, 4) is 0 Å². The number of carbonyl (C=O) groups is 1. The second-order valence-electron chi connectivity index (χ2n) is 6.91. The average Bonchev–Trinajstić information content (AvgIpc) is 3.06. The van der Waals surface area contributed by atoms with Gasteiger partial charge in [0.25, 0.3) is 0 Å².